The van der Waals surface area contributed by atoms with Crippen LogP contribution in [0.5, 0.6) is 0 Å². The van der Waals surface area contributed by atoms with Gasteiger partial charge in [-0.15, -0.1) is 0 Å². The van der Waals surface area contributed by atoms with E-state index in [0.717, 1.165) is 21.8 Å². The fourth-order valence-corrected chi connectivity index (χ4v) is 2.92. The molecule has 0 aliphatic carbocycles. The van der Waals surface area contributed by atoms with Crippen LogP contribution in [0.2, 0.25) is 0 Å². The van der Waals surface area contributed by atoms with E-state index in [1.165, 1.54) is 11.8 Å². The van der Waals surface area contributed by atoms with Gasteiger partial charge < -0.3 is 14.4 Å². The normalized spacial score (nSPS) is 11.4. The van der Waals surface area contributed by atoms with Gasteiger partial charge in [0.25, 0.3) is 0 Å². The van der Waals surface area contributed by atoms with Gasteiger partial charge >= 0.3 is 5.97 Å². The summed E-state index contributed by atoms with van der Waals surface area (Å²) in [6, 6.07) is 5.95. The lowest BCUT2D eigenvalue weighted by Gasteiger charge is -2.12. The largest absolute Gasteiger partial charge is 0.481 e. The number of aromatic nitrogens is 2. The van der Waals surface area contributed by atoms with Crippen LogP contribution in [-0.2, 0) is 16.1 Å². The van der Waals surface area contributed by atoms with Crippen LogP contribution in [0.3, 0.4) is 0 Å². The lowest BCUT2D eigenvalue weighted by molar-refractivity contribution is -0.133. The Kier molecular flexibility index (Phi) is 5.25. The zero-order valence-corrected chi connectivity index (χ0v) is 13.3. The van der Waals surface area contributed by atoms with Gasteiger partial charge in [-0.3, -0.25) is 4.79 Å². The smallest absolute Gasteiger partial charge is 0.313 e. The molecule has 1 N–H and O–H groups in total. The van der Waals surface area contributed by atoms with Crippen LogP contribution in [0, 0.1) is 6.92 Å². The van der Waals surface area contributed by atoms with Crippen molar-refractivity contribution < 1.29 is 14.6 Å². The zero-order chi connectivity index (χ0) is 15.4. The Morgan fingerprint density at radius 3 is 2.90 bits per heavy atom. The molecular formula is C15H20N2O3S. The third-order valence-electron chi connectivity index (χ3n) is 3.02. The number of imidazole rings is 1. The van der Waals surface area contributed by atoms with Gasteiger partial charge in [-0.05, 0) is 32.4 Å². The second-order valence-electron chi connectivity index (χ2n) is 5.09. The van der Waals surface area contributed by atoms with Gasteiger partial charge in [0.1, 0.15) is 0 Å². The van der Waals surface area contributed by atoms with Crippen LogP contribution in [0.4, 0.5) is 0 Å². The van der Waals surface area contributed by atoms with Crippen LogP contribution in [0.1, 0.15) is 19.4 Å². The Hall–Kier alpha value is -1.53. The van der Waals surface area contributed by atoms with E-state index in [0.29, 0.717) is 13.2 Å². The van der Waals surface area contributed by atoms with Gasteiger partial charge in [0, 0.05) is 6.54 Å². The molecule has 5 nitrogen and oxygen atoms in total. The number of hydrogen-bond acceptors (Lipinski definition) is 4. The maximum absolute atomic E-state index is 10.8. The predicted molar refractivity (Wildman–Crippen MR) is 83.9 cm³/mol. The van der Waals surface area contributed by atoms with Crippen LogP contribution < -0.4 is 0 Å². The monoisotopic (exact) mass is 308 g/mol. The number of fused-ring (bicyclic) bond motifs is 1. The standard InChI is InChI=1S/C15H20N2O3S/c1-10(2)20-8-7-17-14-11(3)5-4-6-12(14)16-15(17)21-9-13(18)19/h4-6,10H,7-9H2,1-3H3,(H,18,19). The summed E-state index contributed by atoms with van der Waals surface area (Å²) in [5.41, 5.74) is 3.08. The first kappa shape index (κ1) is 15.9. The molecule has 2 aromatic rings. The molecular weight excluding hydrogens is 288 g/mol. The topological polar surface area (TPSA) is 64.3 Å². The van der Waals surface area contributed by atoms with Crippen molar-refractivity contribution in [3.05, 3.63) is 23.8 Å². The fraction of sp³-hybridized carbons (Fsp3) is 0.467. The van der Waals surface area contributed by atoms with E-state index >= 15 is 0 Å². The first-order chi connectivity index (χ1) is 9.99. The third-order valence-corrected chi connectivity index (χ3v) is 3.99. The second kappa shape index (κ2) is 6.95. The maximum atomic E-state index is 10.8. The molecule has 0 saturated heterocycles. The lowest BCUT2D eigenvalue weighted by Crippen LogP contribution is -2.12. The molecule has 0 amide bonds. The molecule has 0 saturated carbocycles. The van der Waals surface area contributed by atoms with Crippen molar-refractivity contribution in [2.45, 2.75) is 38.6 Å². The van der Waals surface area contributed by atoms with E-state index in [2.05, 4.69) is 9.55 Å². The summed E-state index contributed by atoms with van der Waals surface area (Å²) in [5, 5.41) is 9.59. The Bertz CT molecular complexity index is 637. The number of hydrogen-bond donors (Lipinski definition) is 1. The number of thioether (sulfide) groups is 1. The van der Waals surface area contributed by atoms with Gasteiger partial charge in [0.2, 0.25) is 0 Å². The molecule has 0 fully saturated rings. The minimum absolute atomic E-state index is 0.00735. The van der Waals surface area contributed by atoms with Crippen molar-refractivity contribution in [3.8, 4) is 0 Å². The van der Waals surface area contributed by atoms with Crippen molar-refractivity contribution in [3.63, 3.8) is 0 Å². The number of carboxylic acids is 1. The first-order valence-electron chi connectivity index (χ1n) is 6.91. The van der Waals surface area contributed by atoms with Gasteiger partial charge in [0.05, 0.1) is 29.5 Å². The van der Waals surface area contributed by atoms with Crippen molar-refractivity contribution in [1.29, 1.82) is 0 Å². The highest BCUT2D eigenvalue weighted by molar-refractivity contribution is 7.99. The molecule has 1 heterocycles. The van der Waals surface area contributed by atoms with E-state index in [1.54, 1.807) is 0 Å². The molecule has 0 bridgehead atoms. The highest BCUT2D eigenvalue weighted by Gasteiger charge is 2.14. The van der Waals surface area contributed by atoms with Crippen LogP contribution >= 0.6 is 11.8 Å². The molecule has 6 heteroatoms. The summed E-state index contributed by atoms with van der Waals surface area (Å²) in [4.78, 5) is 15.3. The maximum Gasteiger partial charge on any atom is 0.313 e. The Labute approximate surface area is 128 Å². The van der Waals surface area contributed by atoms with Crippen molar-refractivity contribution in [1.82, 2.24) is 9.55 Å². The predicted octanol–water partition coefficient (Wildman–Crippen LogP) is 2.95. The van der Waals surface area contributed by atoms with Crippen LogP contribution in [0.25, 0.3) is 11.0 Å². The summed E-state index contributed by atoms with van der Waals surface area (Å²) < 4.78 is 7.67. The minimum atomic E-state index is -0.839. The SMILES string of the molecule is Cc1cccc2nc(SCC(=O)O)n(CCOC(C)C)c12. The Morgan fingerprint density at radius 2 is 2.24 bits per heavy atom. The van der Waals surface area contributed by atoms with Crippen LogP contribution in [-0.4, -0.2) is 39.1 Å². The van der Waals surface area contributed by atoms with Gasteiger partial charge in [-0.2, -0.15) is 0 Å². The number of rotatable bonds is 7. The summed E-state index contributed by atoms with van der Waals surface area (Å²) in [7, 11) is 0. The Morgan fingerprint density at radius 1 is 1.48 bits per heavy atom. The lowest BCUT2D eigenvalue weighted by atomic mass is 10.2. The summed E-state index contributed by atoms with van der Waals surface area (Å²) in [5.74, 6) is -0.832. The first-order valence-corrected chi connectivity index (χ1v) is 7.89. The highest BCUT2D eigenvalue weighted by atomic mass is 32.2. The van der Waals surface area contributed by atoms with Crippen molar-refractivity contribution >= 4 is 28.8 Å². The number of ether oxygens (including phenoxy) is 1. The molecule has 1 aromatic heterocycles. The molecule has 0 aliphatic heterocycles. The van der Waals surface area contributed by atoms with Gasteiger partial charge in [-0.25, -0.2) is 4.98 Å². The number of carboxylic acid groups (broad SMARTS) is 1. The van der Waals surface area contributed by atoms with Crippen molar-refractivity contribution in [2.24, 2.45) is 0 Å². The van der Waals surface area contributed by atoms with Crippen molar-refractivity contribution in [2.75, 3.05) is 12.4 Å². The molecule has 2 rings (SSSR count). The summed E-state index contributed by atoms with van der Waals surface area (Å²) >= 11 is 1.25. The minimum Gasteiger partial charge on any atom is -0.481 e. The molecule has 0 unspecified atom stereocenters. The molecule has 0 radical (unpaired) electrons. The Balaban J connectivity index is 2.31. The van der Waals surface area contributed by atoms with E-state index in [4.69, 9.17) is 9.84 Å². The summed E-state index contributed by atoms with van der Waals surface area (Å²) in [6.45, 7) is 7.28. The van der Waals surface area contributed by atoms with E-state index < -0.39 is 5.97 Å². The molecule has 21 heavy (non-hydrogen) atoms. The number of benzene rings is 1. The van der Waals surface area contributed by atoms with Crippen LogP contribution in [0.15, 0.2) is 23.4 Å². The number of nitrogens with zero attached hydrogens (tertiary/aromatic N) is 2. The fourth-order valence-electron chi connectivity index (χ4n) is 2.17. The molecule has 1 aromatic carbocycles. The summed E-state index contributed by atoms with van der Waals surface area (Å²) in [6.07, 6.45) is 0.177. The van der Waals surface area contributed by atoms with E-state index in [-0.39, 0.29) is 11.9 Å². The third kappa shape index (κ3) is 3.98. The molecule has 0 atom stereocenters. The molecule has 0 spiro atoms. The number of carbonyl (C=O) groups is 1. The zero-order valence-electron chi connectivity index (χ0n) is 12.5. The molecule has 114 valence electrons. The van der Waals surface area contributed by atoms with Gasteiger partial charge in [-0.1, -0.05) is 23.9 Å². The quantitative estimate of drug-likeness (QED) is 0.797. The second-order valence-corrected chi connectivity index (χ2v) is 6.03. The number of para-hydroxylation sites is 1. The van der Waals surface area contributed by atoms with E-state index in [1.807, 2.05) is 39.0 Å². The average Bonchev–Trinajstić information content (AvgIpc) is 2.75. The number of aryl methyl sites for hydroxylation is 1. The number of aliphatic carboxylic acids is 1. The van der Waals surface area contributed by atoms with E-state index in [9.17, 15) is 4.79 Å². The molecule has 0 aliphatic rings. The average molecular weight is 308 g/mol. The van der Waals surface area contributed by atoms with Gasteiger partial charge in [0.15, 0.2) is 5.16 Å². The highest BCUT2D eigenvalue weighted by Crippen LogP contribution is 2.26.